The van der Waals surface area contributed by atoms with Crippen LogP contribution in [0.2, 0.25) is 0 Å². The Balaban J connectivity index is 0.00000261. The number of allylic oxidation sites excluding steroid dienone is 4. The van der Waals surface area contributed by atoms with Crippen LogP contribution in [-0.2, 0) is 20.4 Å². The van der Waals surface area contributed by atoms with Crippen molar-refractivity contribution in [2.45, 2.75) is 48.5 Å². The molecule has 0 amide bonds. The van der Waals surface area contributed by atoms with Gasteiger partial charge < -0.3 is 37.2 Å². The van der Waals surface area contributed by atoms with E-state index in [1.54, 1.807) is 25.0 Å². The molecule has 0 heterocycles. The van der Waals surface area contributed by atoms with Crippen molar-refractivity contribution in [1.82, 2.24) is 0 Å². The van der Waals surface area contributed by atoms with Gasteiger partial charge in [0.25, 0.3) is 0 Å². The van der Waals surface area contributed by atoms with Gasteiger partial charge in [0, 0.05) is 0 Å². The number of hydrogen-bond acceptors (Lipinski definition) is 0. The number of aryl methyl sites for hydroxylation is 4. The van der Waals surface area contributed by atoms with Crippen molar-refractivity contribution in [3.63, 3.8) is 0 Å². The molecule has 0 bridgehead atoms. The third-order valence-corrected chi connectivity index (χ3v) is 10.7. The van der Waals surface area contributed by atoms with Crippen molar-refractivity contribution < 1.29 is 57.7 Å². The van der Waals surface area contributed by atoms with Crippen molar-refractivity contribution in [3.05, 3.63) is 78.9 Å². The summed E-state index contributed by atoms with van der Waals surface area (Å²) in [5.74, 6) is 0.563. The quantitative estimate of drug-likeness (QED) is 0.374. The van der Waals surface area contributed by atoms with Crippen LogP contribution >= 0.6 is 0 Å². The molecule has 29 heavy (non-hydrogen) atoms. The standard InChI is InChI=1S/C24H29Si.3ClH.Ti/c1-15-8-16(2)11-22(10-15)25(23-12-17(3)9-18(4)13-23)24-14-19(5)20(6)21(24)7;;;;/h8-13,21,25H,1-7H3;3*1H;/q;;;;+3/p-3. The van der Waals surface area contributed by atoms with Crippen molar-refractivity contribution in [2.75, 3.05) is 0 Å². The maximum atomic E-state index is 2.44. The Kier molecular flexibility index (Phi) is 11.3. The minimum absolute atomic E-state index is 0. The summed E-state index contributed by atoms with van der Waals surface area (Å²) in [6.45, 7) is 16.0. The summed E-state index contributed by atoms with van der Waals surface area (Å²) in [6.07, 6.45) is 0. The van der Waals surface area contributed by atoms with Gasteiger partial charge in [-0.25, -0.2) is 0 Å². The van der Waals surface area contributed by atoms with Gasteiger partial charge in [-0.05, 0) is 0 Å². The van der Waals surface area contributed by atoms with Gasteiger partial charge in [-0.1, -0.05) is 0 Å². The molecule has 0 aliphatic heterocycles. The van der Waals surface area contributed by atoms with Crippen molar-refractivity contribution in [1.29, 1.82) is 0 Å². The van der Waals surface area contributed by atoms with Crippen LogP contribution in [0.1, 0.15) is 43.0 Å². The van der Waals surface area contributed by atoms with Crippen molar-refractivity contribution in [2.24, 2.45) is 5.92 Å². The molecule has 1 aliphatic rings. The molecule has 0 N–H and O–H groups in total. The van der Waals surface area contributed by atoms with Crippen LogP contribution in [0.4, 0.5) is 0 Å². The Bertz CT molecular complexity index is 855. The molecule has 3 rings (SSSR count). The topological polar surface area (TPSA) is 0 Å². The molecule has 154 valence electrons. The van der Waals surface area contributed by atoms with Gasteiger partial charge in [0.2, 0.25) is 0 Å². The summed E-state index contributed by atoms with van der Waals surface area (Å²) in [4.78, 5) is 0. The maximum Gasteiger partial charge on any atom is -1.00 e. The van der Waals surface area contributed by atoms with Crippen LogP contribution < -0.4 is 47.6 Å². The summed E-state index contributed by atoms with van der Waals surface area (Å²) < 4.78 is 1.55. The first-order valence-corrected chi connectivity index (χ1v) is 12.0. The van der Waals surface area contributed by atoms with Crippen molar-refractivity contribution >= 4 is 19.2 Å². The summed E-state index contributed by atoms with van der Waals surface area (Å²) in [6, 6.07) is 14.4. The number of hydrogen-bond donors (Lipinski definition) is 0. The molecular weight excluding hydrogens is 471 g/mol. The van der Waals surface area contributed by atoms with Crippen LogP contribution in [0.25, 0.3) is 0 Å². The van der Waals surface area contributed by atoms with Gasteiger partial charge in [-0.3, -0.25) is 0 Å². The monoisotopic (exact) mass is 498 g/mol. The van der Waals surface area contributed by atoms with Gasteiger partial charge in [-0.2, -0.15) is 0 Å². The van der Waals surface area contributed by atoms with E-state index < -0.39 is 8.80 Å². The molecule has 0 nitrogen and oxygen atoms in total. The molecule has 0 spiro atoms. The zero-order valence-corrected chi connectivity index (χ0v) is 23.2. The Morgan fingerprint density at radius 3 is 1.28 bits per heavy atom. The number of benzene rings is 2. The minimum Gasteiger partial charge on any atom is -1.00 e. The van der Waals surface area contributed by atoms with Crippen molar-refractivity contribution in [3.8, 4) is 0 Å². The van der Waals surface area contributed by atoms with Gasteiger partial charge in [0.15, 0.2) is 0 Å². The SMILES string of the molecule is CC1=C(C)C(C)C([SiH](c2cc(C)cc(C)c2)c2cc(C)cc(C)c2)=[C]1[Ti+3].[Cl-].[Cl-].[Cl-]. The smallest absolute Gasteiger partial charge is 1.00 e. The van der Waals surface area contributed by atoms with E-state index >= 15 is 0 Å². The predicted octanol–water partition coefficient (Wildman–Crippen LogP) is -4.40. The molecule has 5 heteroatoms. The molecule has 1 atom stereocenters. The molecule has 2 aromatic carbocycles. The maximum absolute atomic E-state index is 2.44. The third kappa shape index (κ3) is 5.91. The van der Waals surface area contributed by atoms with E-state index in [2.05, 4.69) is 105 Å². The molecule has 0 aromatic heterocycles. The van der Waals surface area contributed by atoms with E-state index in [9.17, 15) is 0 Å². The van der Waals surface area contributed by atoms with Crippen LogP contribution in [0.15, 0.2) is 56.6 Å². The average molecular weight is 500 g/mol. The molecule has 0 saturated carbocycles. The number of halogens is 3. The van der Waals surface area contributed by atoms with E-state index in [1.807, 2.05) is 0 Å². The fraction of sp³-hybridized carbons (Fsp3) is 0.333. The van der Waals surface area contributed by atoms with Crippen LogP contribution in [-0.4, -0.2) is 8.80 Å². The molecule has 1 aliphatic carbocycles. The normalized spacial score (nSPS) is 15.9. The largest absolute Gasteiger partial charge is 1.00 e. The minimum atomic E-state index is -1.47. The third-order valence-electron chi connectivity index (χ3n) is 5.84. The van der Waals surface area contributed by atoms with E-state index in [0.717, 1.165) is 0 Å². The van der Waals surface area contributed by atoms with Crippen LogP contribution in [0.5, 0.6) is 0 Å². The van der Waals surface area contributed by atoms with Crippen LogP contribution in [0.3, 0.4) is 0 Å². The molecule has 0 saturated heterocycles. The molecule has 1 unspecified atom stereocenters. The molecule has 0 fully saturated rings. The van der Waals surface area contributed by atoms with E-state index in [0.29, 0.717) is 5.92 Å². The first-order chi connectivity index (χ1) is 12.2. The summed E-state index contributed by atoms with van der Waals surface area (Å²) in [7, 11) is -1.47. The average Bonchev–Trinajstić information content (AvgIpc) is 2.71. The van der Waals surface area contributed by atoms with Gasteiger partial charge >= 0.3 is 173 Å². The molecular formula is C24H29Cl3SiTi. The van der Waals surface area contributed by atoms with E-state index in [4.69, 9.17) is 0 Å². The first kappa shape index (κ1) is 28.7. The van der Waals surface area contributed by atoms with E-state index in [-0.39, 0.29) is 37.2 Å². The van der Waals surface area contributed by atoms with Gasteiger partial charge in [0.1, 0.15) is 0 Å². The molecule has 0 radical (unpaired) electrons. The number of rotatable bonds is 3. The second kappa shape index (κ2) is 11.4. The Morgan fingerprint density at radius 2 is 1.00 bits per heavy atom. The molecule has 2 aromatic rings. The second-order valence-corrected chi connectivity index (χ2v) is 11.7. The summed E-state index contributed by atoms with van der Waals surface area (Å²) in [5, 5.41) is 4.85. The van der Waals surface area contributed by atoms with Gasteiger partial charge in [0.05, 0.1) is 0 Å². The van der Waals surface area contributed by atoms with Crippen LogP contribution in [0, 0.1) is 33.6 Å². The first-order valence-electron chi connectivity index (χ1n) is 9.48. The second-order valence-electron chi connectivity index (χ2n) is 8.14. The summed E-state index contributed by atoms with van der Waals surface area (Å²) in [5.41, 5.74) is 8.60. The van der Waals surface area contributed by atoms with E-state index in [1.165, 1.54) is 27.8 Å². The fourth-order valence-electron chi connectivity index (χ4n) is 4.49. The Morgan fingerprint density at radius 1 is 0.655 bits per heavy atom. The Labute approximate surface area is 208 Å². The fourth-order valence-corrected chi connectivity index (χ4v) is 9.89. The zero-order chi connectivity index (χ0) is 19.2. The summed E-state index contributed by atoms with van der Waals surface area (Å²) >= 11 is 2.35. The Hall–Kier alpha value is -0.279. The predicted molar refractivity (Wildman–Crippen MR) is 113 cm³/mol. The van der Waals surface area contributed by atoms with Gasteiger partial charge in [-0.15, -0.1) is 0 Å². The zero-order valence-electron chi connectivity index (χ0n) is 18.3.